The van der Waals surface area contributed by atoms with Gasteiger partial charge in [0.15, 0.2) is 0 Å². The summed E-state index contributed by atoms with van der Waals surface area (Å²) >= 11 is 0. The van der Waals surface area contributed by atoms with Crippen molar-refractivity contribution in [2.75, 3.05) is 10.6 Å². The van der Waals surface area contributed by atoms with Gasteiger partial charge in [-0.2, -0.15) is 5.10 Å². The largest absolute Gasteiger partial charge is 0.366 e. The summed E-state index contributed by atoms with van der Waals surface area (Å²) in [5, 5.41) is 12.5. The van der Waals surface area contributed by atoms with Gasteiger partial charge in [-0.05, 0) is 6.92 Å². The molecule has 1 aromatic heterocycles. The molecule has 0 fully saturated rings. The van der Waals surface area contributed by atoms with E-state index in [4.69, 9.17) is 0 Å². The zero-order valence-corrected chi connectivity index (χ0v) is 6.72. The minimum Gasteiger partial charge on any atom is -0.366 e. The van der Waals surface area contributed by atoms with Crippen LogP contribution in [0.5, 0.6) is 0 Å². The highest BCUT2D eigenvalue weighted by Gasteiger charge is 2.17. The Morgan fingerprint density at radius 3 is 3.33 bits per heavy atom. The summed E-state index contributed by atoms with van der Waals surface area (Å²) in [6.07, 6.45) is 2.08. The molecule has 0 saturated carbocycles. The second kappa shape index (κ2) is 2.51. The Bertz CT molecular complexity index is 306. The third-order valence-electron chi connectivity index (χ3n) is 1.80. The molecule has 0 saturated heterocycles. The van der Waals surface area contributed by atoms with E-state index in [0.717, 1.165) is 11.5 Å². The molecule has 0 radical (unpaired) electrons. The summed E-state index contributed by atoms with van der Waals surface area (Å²) in [4.78, 5) is 11.2. The number of rotatable bonds is 0. The molecule has 1 unspecified atom stereocenters. The SMILES string of the molecule is CC1CC(=O)Nc2cn[nH]c2N1. The van der Waals surface area contributed by atoms with E-state index in [1.807, 2.05) is 6.92 Å². The molecule has 5 heteroatoms. The van der Waals surface area contributed by atoms with Crippen molar-refractivity contribution in [3.63, 3.8) is 0 Å². The van der Waals surface area contributed by atoms with Gasteiger partial charge in [-0.25, -0.2) is 0 Å². The van der Waals surface area contributed by atoms with E-state index < -0.39 is 0 Å². The maximum absolute atomic E-state index is 11.2. The van der Waals surface area contributed by atoms with Gasteiger partial charge in [0.2, 0.25) is 5.91 Å². The minimum atomic E-state index is 0.0233. The number of hydrogen-bond acceptors (Lipinski definition) is 3. The molecule has 0 spiro atoms. The molecule has 1 aliphatic heterocycles. The maximum atomic E-state index is 11.2. The van der Waals surface area contributed by atoms with Gasteiger partial charge >= 0.3 is 0 Å². The monoisotopic (exact) mass is 166 g/mol. The van der Waals surface area contributed by atoms with Crippen LogP contribution in [-0.2, 0) is 4.79 Å². The normalized spacial score (nSPS) is 22.1. The lowest BCUT2D eigenvalue weighted by molar-refractivity contribution is -0.116. The molecule has 3 N–H and O–H groups in total. The molecule has 1 atom stereocenters. The number of H-pyrrole nitrogens is 1. The van der Waals surface area contributed by atoms with Crippen LogP contribution in [0.2, 0.25) is 0 Å². The third kappa shape index (κ3) is 1.13. The number of carbonyl (C=O) groups is 1. The number of nitrogens with zero attached hydrogens (tertiary/aromatic N) is 1. The van der Waals surface area contributed by atoms with Crippen LogP contribution in [0.4, 0.5) is 11.5 Å². The fraction of sp³-hybridized carbons (Fsp3) is 0.429. The summed E-state index contributed by atoms with van der Waals surface area (Å²) < 4.78 is 0. The molecule has 1 amide bonds. The molecular formula is C7H10N4O. The predicted molar refractivity (Wildman–Crippen MR) is 44.9 cm³/mol. The lowest BCUT2D eigenvalue weighted by Crippen LogP contribution is -2.19. The standard InChI is InChI=1S/C7H10N4O/c1-4-2-6(12)10-5-3-8-11-7(5)9-4/h3-4H,2H2,1H3,(H,10,12)(H2,8,9,11). The molecule has 0 aliphatic carbocycles. The van der Waals surface area contributed by atoms with Crippen molar-refractivity contribution in [2.45, 2.75) is 19.4 Å². The minimum absolute atomic E-state index is 0.0233. The van der Waals surface area contributed by atoms with E-state index in [9.17, 15) is 4.79 Å². The molecule has 0 aromatic carbocycles. The van der Waals surface area contributed by atoms with Crippen molar-refractivity contribution in [3.05, 3.63) is 6.20 Å². The van der Waals surface area contributed by atoms with E-state index in [1.165, 1.54) is 0 Å². The van der Waals surface area contributed by atoms with Gasteiger partial charge in [0.05, 0.1) is 6.20 Å². The molecule has 64 valence electrons. The number of aromatic amines is 1. The third-order valence-corrected chi connectivity index (χ3v) is 1.80. The van der Waals surface area contributed by atoms with Crippen molar-refractivity contribution < 1.29 is 4.79 Å². The van der Waals surface area contributed by atoms with Gasteiger partial charge in [0.1, 0.15) is 11.5 Å². The summed E-state index contributed by atoms with van der Waals surface area (Å²) in [7, 11) is 0. The lowest BCUT2D eigenvalue weighted by Gasteiger charge is -2.07. The second-order valence-electron chi connectivity index (χ2n) is 2.96. The van der Waals surface area contributed by atoms with Crippen LogP contribution in [0.1, 0.15) is 13.3 Å². The number of aromatic nitrogens is 2. The Kier molecular flexibility index (Phi) is 1.49. The molecule has 0 bridgehead atoms. The molecular weight excluding hydrogens is 156 g/mol. The van der Waals surface area contributed by atoms with Crippen LogP contribution in [-0.4, -0.2) is 22.1 Å². The first-order chi connectivity index (χ1) is 5.75. The molecule has 2 rings (SSSR count). The van der Waals surface area contributed by atoms with Crippen LogP contribution < -0.4 is 10.6 Å². The highest BCUT2D eigenvalue weighted by atomic mass is 16.1. The van der Waals surface area contributed by atoms with Crippen LogP contribution >= 0.6 is 0 Å². The van der Waals surface area contributed by atoms with Gasteiger partial charge in [0, 0.05) is 12.5 Å². The van der Waals surface area contributed by atoms with Crippen LogP contribution in [0.15, 0.2) is 6.20 Å². The average Bonchev–Trinajstić information content (AvgIpc) is 2.31. The van der Waals surface area contributed by atoms with E-state index in [1.54, 1.807) is 6.20 Å². The molecule has 1 aliphatic rings. The fourth-order valence-electron chi connectivity index (χ4n) is 1.27. The van der Waals surface area contributed by atoms with Crippen molar-refractivity contribution >= 4 is 17.4 Å². The summed E-state index contributed by atoms with van der Waals surface area (Å²) in [5.74, 6) is 0.809. The summed E-state index contributed by atoms with van der Waals surface area (Å²) in [5.41, 5.74) is 0.726. The van der Waals surface area contributed by atoms with Crippen molar-refractivity contribution in [2.24, 2.45) is 0 Å². The van der Waals surface area contributed by atoms with E-state index in [-0.39, 0.29) is 11.9 Å². The Balaban J connectivity index is 2.33. The molecule has 1 aromatic rings. The predicted octanol–water partition coefficient (Wildman–Crippen LogP) is 0.552. The molecule has 2 heterocycles. The van der Waals surface area contributed by atoms with Crippen LogP contribution in [0.3, 0.4) is 0 Å². The van der Waals surface area contributed by atoms with Gasteiger partial charge in [-0.1, -0.05) is 0 Å². The first-order valence-corrected chi connectivity index (χ1v) is 3.85. The van der Waals surface area contributed by atoms with Crippen molar-refractivity contribution in [3.8, 4) is 0 Å². The second-order valence-corrected chi connectivity index (χ2v) is 2.96. The van der Waals surface area contributed by atoms with Crippen molar-refractivity contribution in [1.29, 1.82) is 0 Å². The quantitative estimate of drug-likeness (QED) is 0.527. The maximum Gasteiger partial charge on any atom is 0.226 e. The number of anilines is 2. The number of nitrogens with one attached hydrogen (secondary N) is 3. The Labute approximate surface area is 69.5 Å². The Hall–Kier alpha value is -1.52. The topological polar surface area (TPSA) is 69.8 Å². The molecule has 5 nitrogen and oxygen atoms in total. The summed E-state index contributed by atoms with van der Waals surface area (Å²) in [6.45, 7) is 1.95. The number of carbonyl (C=O) groups excluding carboxylic acids is 1. The zero-order chi connectivity index (χ0) is 8.55. The average molecular weight is 166 g/mol. The molecule has 12 heavy (non-hydrogen) atoms. The van der Waals surface area contributed by atoms with Crippen LogP contribution in [0.25, 0.3) is 0 Å². The van der Waals surface area contributed by atoms with E-state index >= 15 is 0 Å². The summed E-state index contributed by atoms with van der Waals surface area (Å²) in [6, 6.07) is 0.145. The number of fused-ring (bicyclic) bond motifs is 1. The first-order valence-electron chi connectivity index (χ1n) is 3.85. The van der Waals surface area contributed by atoms with E-state index in [2.05, 4.69) is 20.8 Å². The van der Waals surface area contributed by atoms with Crippen LogP contribution in [0, 0.1) is 0 Å². The first kappa shape index (κ1) is 7.15. The highest BCUT2D eigenvalue weighted by Crippen LogP contribution is 2.21. The zero-order valence-electron chi connectivity index (χ0n) is 6.72. The lowest BCUT2D eigenvalue weighted by atomic mass is 10.2. The fourth-order valence-corrected chi connectivity index (χ4v) is 1.27. The Morgan fingerprint density at radius 2 is 2.50 bits per heavy atom. The van der Waals surface area contributed by atoms with Gasteiger partial charge in [0.25, 0.3) is 0 Å². The number of hydrogen-bond donors (Lipinski definition) is 3. The van der Waals surface area contributed by atoms with E-state index in [0.29, 0.717) is 6.42 Å². The van der Waals surface area contributed by atoms with Crippen molar-refractivity contribution in [1.82, 2.24) is 10.2 Å². The highest BCUT2D eigenvalue weighted by molar-refractivity contribution is 5.95. The van der Waals surface area contributed by atoms with Gasteiger partial charge < -0.3 is 10.6 Å². The van der Waals surface area contributed by atoms with Gasteiger partial charge in [-0.15, -0.1) is 0 Å². The Morgan fingerprint density at radius 1 is 1.67 bits per heavy atom. The smallest absolute Gasteiger partial charge is 0.226 e. The van der Waals surface area contributed by atoms with Gasteiger partial charge in [-0.3, -0.25) is 9.89 Å². The number of amides is 1.